The summed E-state index contributed by atoms with van der Waals surface area (Å²) in [7, 11) is 2.87. The molecule has 1 aromatic heterocycles. The van der Waals surface area contributed by atoms with Crippen molar-refractivity contribution >= 4 is 23.0 Å². The molecular formula is C22H25N5O4. The number of aryl methyl sites for hydroxylation is 1. The molecule has 0 spiro atoms. The number of phenols is 1. The summed E-state index contributed by atoms with van der Waals surface area (Å²) in [6.07, 6.45) is 0.662. The standard InChI is InChI=1S/C22H25N5O4/c1-4-15(13-9-6-5-7-10-13)24-17-18(22(31)27(3)26-21(17)30)25-16-12-8-11-14(19(16)28)20(29)23-2/h5-12,15,24-25,28H,4H2,1-3H3,(H,23,29)(H,26,30). The molecule has 0 fully saturated rings. The Morgan fingerprint density at radius 1 is 1.10 bits per heavy atom. The van der Waals surface area contributed by atoms with Crippen LogP contribution in [-0.2, 0) is 7.05 Å². The molecule has 5 N–H and O–H groups in total. The lowest BCUT2D eigenvalue weighted by molar-refractivity contribution is 0.0960. The van der Waals surface area contributed by atoms with Gasteiger partial charge in [0.1, 0.15) is 11.4 Å². The molecule has 1 amide bonds. The number of carbonyl (C=O) groups is 1. The van der Waals surface area contributed by atoms with Crippen molar-refractivity contribution in [2.45, 2.75) is 19.4 Å². The molecule has 2 aromatic carbocycles. The van der Waals surface area contributed by atoms with Crippen molar-refractivity contribution < 1.29 is 9.90 Å². The van der Waals surface area contributed by atoms with Crippen molar-refractivity contribution in [2.24, 2.45) is 7.05 Å². The third-order valence-electron chi connectivity index (χ3n) is 4.96. The number of nitrogens with one attached hydrogen (secondary N) is 4. The number of aromatic hydroxyl groups is 1. The molecule has 1 heterocycles. The second kappa shape index (κ2) is 9.21. The zero-order valence-electron chi connectivity index (χ0n) is 17.5. The highest BCUT2D eigenvalue weighted by Crippen LogP contribution is 2.32. The van der Waals surface area contributed by atoms with Crippen LogP contribution in [0.2, 0.25) is 0 Å². The minimum atomic E-state index is -0.505. The molecule has 0 aliphatic rings. The van der Waals surface area contributed by atoms with E-state index in [0.717, 1.165) is 10.2 Å². The first-order valence-corrected chi connectivity index (χ1v) is 9.83. The maximum atomic E-state index is 12.9. The summed E-state index contributed by atoms with van der Waals surface area (Å²) in [4.78, 5) is 37.6. The maximum absolute atomic E-state index is 12.9. The van der Waals surface area contributed by atoms with E-state index < -0.39 is 17.0 Å². The Balaban J connectivity index is 2.08. The normalized spacial score (nSPS) is 11.6. The van der Waals surface area contributed by atoms with Gasteiger partial charge < -0.3 is 21.1 Å². The minimum absolute atomic E-state index is 0.0370. The molecule has 0 bridgehead atoms. The summed E-state index contributed by atoms with van der Waals surface area (Å²) in [6, 6.07) is 13.9. The fourth-order valence-electron chi connectivity index (χ4n) is 3.28. The molecule has 31 heavy (non-hydrogen) atoms. The third-order valence-corrected chi connectivity index (χ3v) is 4.96. The molecule has 9 heteroatoms. The van der Waals surface area contributed by atoms with E-state index in [0.29, 0.717) is 6.42 Å². The first kappa shape index (κ1) is 21.7. The van der Waals surface area contributed by atoms with Gasteiger partial charge >= 0.3 is 0 Å². The first-order valence-electron chi connectivity index (χ1n) is 9.83. The van der Waals surface area contributed by atoms with Gasteiger partial charge in [0.25, 0.3) is 17.0 Å². The lowest BCUT2D eigenvalue weighted by Gasteiger charge is -2.21. The number of H-pyrrole nitrogens is 1. The van der Waals surface area contributed by atoms with Gasteiger partial charge in [-0.15, -0.1) is 0 Å². The van der Waals surface area contributed by atoms with Crippen molar-refractivity contribution in [3.63, 3.8) is 0 Å². The average molecular weight is 423 g/mol. The second-order valence-corrected chi connectivity index (χ2v) is 6.98. The Morgan fingerprint density at radius 2 is 1.81 bits per heavy atom. The number of hydrogen-bond donors (Lipinski definition) is 5. The van der Waals surface area contributed by atoms with Crippen molar-refractivity contribution in [1.29, 1.82) is 0 Å². The number of rotatable bonds is 7. The highest BCUT2D eigenvalue weighted by Gasteiger charge is 2.20. The zero-order valence-corrected chi connectivity index (χ0v) is 17.5. The molecule has 162 valence electrons. The molecule has 0 saturated heterocycles. The predicted molar refractivity (Wildman–Crippen MR) is 120 cm³/mol. The number of phenolic OH excluding ortho intramolecular Hbond substituents is 1. The Labute approximate surface area is 178 Å². The fraction of sp³-hybridized carbons (Fsp3) is 0.227. The molecular weight excluding hydrogens is 398 g/mol. The van der Waals surface area contributed by atoms with Crippen LogP contribution in [-0.4, -0.2) is 27.8 Å². The van der Waals surface area contributed by atoms with Crippen LogP contribution < -0.4 is 27.1 Å². The van der Waals surface area contributed by atoms with Gasteiger partial charge in [-0.3, -0.25) is 24.2 Å². The van der Waals surface area contributed by atoms with E-state index in [-0.39, 0.29) is 34.4 Å². The van der Waals surface area contributed by atoms with Gasteiger partial charge in [-0.1, -0.05) is 43.3 Å². The van der Waals surface area contributed by atoms with Gasteiger partial charge in [0, 0.05) is 14.1 Å². The number of para-hydroxylation sites is 1. The van der Waals surface area contributed by atoms with Crippen LogP contribution in [0.5, 0.6) is 5.75 Å². The Hall–Kier alpha value is -4.01. The van der Waals surface area contributed by atoms with E-state index in [1.165, 1.54) is 26.2 Å². The largest absolute Gasteiger partial charge is 0.505 e. The minimum Gasteiger partial charge on any atom is -0.505 e. The van der Waals surface area contributed by atoms with E-state index in [1.807, 2.05) is 37.3 Å². The monoisotopic (exact) mass is 423 g/mol. The summed E-state index contributed by atoms with van der Waals surface area (Å²) >= 11 is 0. The fourth-order valence-corrected chi connectivity index (χ4v) is 3.28. The topological polar surface area (TPSA) is 128 Å². The van der Waals surface area contributed by atoms with E-state index in [2.05, 4.69) is 21.0 Å². The highest BCUT2D eigenvalue weighted by molar-refractivity contribution is 5.99. The van der Waals surface area contributed by atoms with Gasteiger partial charge in [0.15, 0.2) is 5.75 Å². The van der Waals surface area contributed by atoms with Crippen LogP contribution in [0.15, 0.2) is 58.1 Å². The quantitative estimate of drug-likeness (QED) is 0.371. The molecule has 3 aromatic rings. The predicted octanol–water partition coefficient (Wildman–Crippen LogP) is 2.45. The van der Waals surface area contributed by atoms with E-state index in [4.69, 9.17) is 0 Å². The van der Waals surface area contributed by atoms with Crippen LogP contribution in [0.1, 0.15) is 35.3 Å². The van der Waals surface area contributed by atoms with Crippen LogP contribution >= 0.6 is 0 Å². The smallest absolute Gasteiger partial charge is 0.290 e. The molecule has 0 saturated carbocycles. The Bertz CT molecular complexity index is 1200. The number of carbonyl (C=O) groups excluding carboxylic acids is 1. The number of benzene rings is 2. The highest BCUT2D eigenvalue weighted by atomic mass is 16.3. The average Bonchev–Trinajstić information content (AvgIpc) is 2.78. The maximum Gasteiger partial charge on any atom is 0.290 e. The van der Waals surface area contributed by atoms with Gasteiger partial charge in [-0.05, 0) is 24.1 Å². The molecule has 3 rings (SSSR count). The van der Waals surface area contributed by atoms with E-state index in [1.54, 1.807) is 6.07 Å². The Morgan fingerprint density at radius 3 is 2.45 bits per heavy atom. The van der Waals surface area contributed by atoms with Crippen LogP contribution in [0, 0.1) is 0 Å². The Kier molecular flexibility index (Phi) is 6.44. The molecule has 1 atom stereocenters. The van der Waals surface area contributed by atoms with Crippen molar-refractivity contribution in [1.82, 2.24) is 15.1 Å². The number of aromatic nitrogens is 2. The summed E-state index contributed by atoms with van der Waals surface area (Å²) < 4.78 is 1.05. The second-order valence-electron chi connectivity index (χ2n) is 6.98. The van der Waals surface area contributed by atoms with Crippen LogP contribution in [0.25, 0.3) is 0 Å². The molecule has 9 nitrogen and oxygen atoms in total. The zero-order chi connectivity index (χ0) is 22.5. The summed E-state index contributed by atoms with van der Waals surface area (Å²) in [5.74, 6) is -0.807. The van der Waals surface area contributed by atoms with Gasteiger partial charge in [-0.2, -0.15) is 0 Å². The summed E-state index contributed by atoms with van der Waals surface area (Å²) in [5, 5.41) is 21.5. The van der Waals surface area contributed by atoms with Crippen molar-refractivity contribution in [2.75, 3.05) is 17.7 Å². The summed E-state index contributed by atoms with van der Waals surface area (Å²) in [5.41, 5.74) is 0.128. The summed E-state index contributed by atoms with van der Waals surface area (Å²) in [6.45, 7) is 1.96. The molecule has 0 aliphatic carbocycles. The SMILES string of the molecule is CCC(Nc1c(Nc2cccc(C(=O)NC)c2O)c(=O)n(C)[nH]c1=O)c1ccccc1. The first-order chi connectivity index (χ1) is 14.9. The van der Waals surface area contributed by atoms with Gasteiger partial charge in [-0.25, -0.2) is 0 Å². The van der Waals surface area contributed by atoms with Gasteiger partial charge in [0.2, 0.25) is 0 Å². The van der Waals surface area contributed by atoms with E-state index >= 15 is 0 Å². The van der Waals surface area contributed by atoms with Crippen LogP contribution in [0.4, 0.5) is 17.1 Å². The number of amides is 1. The number of aromatic amines is 1. The number of anilines is 3. The lowest BCUT2D eigenvalue weighted by atomic mass is 10.0. The van der Waals surface area contributed by atoms with Crippen LogP contribution in [0.3, 0.4) is 0 Å². The van der Waals surface area contributed by atoms with Crippen molar-refractivity contribution in [3.8, 4) is 5.75 Å². The molecule has 0 aliphatic heterocycles. The van der Waals surface area contributed by atoms with E-state index in [9.17, 15) is 19.5 Å². The lowest BCUT2D eigenvalue weighted by Crippen LogP contribution is -2.32. The third kappa shape index (κ3) is 4.45. The van der Waals surface area contributed by atoms with Gasteiger partial charge in [0.05, 0.1) is 17.3 Å². The van der Waals surface area contributed by atoms with Crippen molar-refractivity contribution in [3.05, 3.63) is 80.4 Å². The number of hydrogen-bond acceptors (Lipinski definition) is 6. The molecule has 0 radical (unpaired) electrons. The molecule has 1 unspecified atom stereocenters. The number of nitrogens with zero attached hydrogens (tertiary/aromatic N) is 1.